The number of benzene rings is 1. The van der Waals surface area contributed by atoms with E-state index >= 15 is 0 Å². The van der Waals surface area contributed by atoms with Crippen LogP contribution in [-0.4, -0.2) is 58.6 Å². The summed E-state index contributed by atoms with van der Waals surface area (Å²) in [5, 5.41) is 13.8. The second-order valence-electron chi connectivity index (χ2n) is 7.34. The molecule has 0 spiro atoms. The highest BCUT2D eigenvalue weighted by atomic mass is 16.5. The number of hydrogen-bond donors (Lipinski definition) is 0. The number of esters is 1. The number of nitriles is 1. The Morgan fingerprint density at radius 1 is 1.31 bits per heavy atom. The summed E-state index contributed by atoms with van der Waals surface area (Å²) in [4.78, 5) is 24.0. The van der Waals surface area contributed by atoms with Gasteiger partial charge in [0.05, 0.1) is 24.3 Å². The van der Waals surface area contributed by atoms with Crippen LogP contribution in [-0.2, 0) is 16.0 Å². The van der Waals surface area contributed by atoms with Crippen molar-refractivity contribution in [1.82, 2.24) is 19.7 Å². The van der Waals surface area contributed by atoms with Crippen molar-refractivity contribution in [2.75, 3.05) is 27.2 Å². The molecule has 2 atom stereocenters. The van der Waals surface area contributed by atoms with Crippen LogP contribution in [0.15, 0.2) is 29.3 Å². The van der Waals surface area contributed by atoms with Crippen LogP contribution in [0, 0.1) is 17.2 Å². The maximum Gasteiger partial charge on any atom is 0.317 e. The summed E-state index contributed by atoms with van der Waals surface area (Å²) in [5.74, 6) is 0.281. The molecule has 152 valence electrons. The average molecular weight is 394 g/mol. The molecule has 2 heterocycles. The van der Waals surface area contributed by atoms with Crippen LogP contribution >= 0.6 is 0 Å². The van der Waals surface area contributed by atoms with E-state index in [1.165, 1.54) is 0 Å². The maximum atomic E-state index is 12.8. The molecule has 0 aliphatic carbocycles. The van der Waals surface area contributed by atoms with Crippen molar-refractivity contribution in [3.8, 4) is 6.07 Å². The number of aryl methyl sites for hydroxylation is 1. The van der Waals surface area contributed by atoms with Crippen molar-refractivity contribution < 1.29 is 9.53 Å². The van der Waals surface area contributed by atoms with Crippen LogP contribution < -0.4 is 0 Å². The molecule has 0 fully saturated rings. The molecule has 29 heavy (non-hydrogen) atoms. The Hall–Kier alpha value is -3.05. The van der Waals surface area contributed by atoms with Crippen molar-refractivity contribution in [1.29, 1.82) is 5.26 Å². The number of aliphatic imine (C=N–C) groups is 1. The molecule has 1 aliphatic rings. The summed E-state index contributed by atoms with van der Waals surface area (Å²) < 4.78 is 7.05. The number of ether oxygens (including phenoxy) is 1. The fourth-order valence-electron chi connectivity index (χ4n) is 3.50. The lowest BCUT2D eigenvalue weighted by Crippen LogP contribution is -2.37. The topological polar surface area (TPSA) is 96.4 Å². The quantitative estimate of drug-likeness (QED) is 0.670. The molecule has 1 aromatic heterocycles. The fourth-order valence-corrected chi connectivity index (χ4v) is 3.50. The van der Waals surface area contributed by atoms with E-state index in [1.54, 1.807) is 23.7 Å². The van der Waals surface area contributed by atoms with Gasteiger partial charge in [0.15, 0.2) is 5.82 Å². The van der Waals surface area contributed by atoms with Crippen LogP contribution in [0.1, 0.15) is 43.3 Å². The minimum atomic E-state index is -0.591. The molecule has 0 saturated carbocycles. The number of rotatable bonds is 7. The second kappa shape index (κ2) is 8.97. The van der Waals surface area contributed by atoms with E-state index in [1.807, 2.05) is 33.2 Å². The van der Waals surface area contributed by atoms with E-state index in [-0.39, 0.29) is 5.97 Å². The molecule has 2 aromatic rings. The third-order valence-corrected chi connectivity index (χ3v) is 4.89. The third kappa shape index (κ3) is 4.51. The molecule has 0 bridgehead atoms. The third-order valence-electron chi connectivity index (χ3n) is 4.89. The van der Waals surface area contributed by atoms with Gasteiger partial charge in [0.2, 0.25) is 5.95 Å². The van der Waals surface area contributed by atoms with Crippen LogP contribution in [0.4, 0.5) is 5.95 Å². The van der Waals surface area contributed by atoms with E-state index in [2.05, 4.69) is 26.0 Å². The number of carbonyl (C=O) groups excluding carboxylic acids is 1. The summed E-state index contributed by atoms with van der Waals surface area (Å²) >= 11 is 0. The highest BCUT2D eigenvalue weighted by Crippen LogP contribution is 2.36. The Balaban J connectivity index is 2.00. The zero-order valence-electron chi connectivity index (χ0n) is 17.3. The molecule has 8 nitrogen and oxygen atoms in total. The second-order valence-corrected chi connectivity index (χ2v) is 7.34. The van der Waals surface area contributed by atoms with Gasteiger partial charge in [-0.1, -0.05) is 12.1 Å². The standard InChI is InChI=1S/C21H26N6O2/c1-5-29-20(28)18-14(2)23-21-24-17(7-6-12-26(3)4)25-27(21)19(18)16-10-8-15(13-22)9-11-16/h8-11,18-19H,5-7,12H2,1-4H3. The first-order chi connectivity index (χ1) is 13.9. The minimum Gasteiger partial charge on any atom is -0.465 e. The SMILES string of the molecule is CCOC(=O)C1C(C)=Nc2nc(CCCN(C)C)nn2C1c1ccc(C#N)cc1. The van der Waals surface area contributed by atoms with Gasteiger partial charge in [-0.3, -0.25) is 4.79 Å². The monoisotopic (exact) mass is 394 g/mol. The molecule has 3 rings (SSSR count). The Bertz CT molecular complexity index is 939. The summed E-state index contributed by atoms with van der Waals surface area (Å²) in [5.41, 5.74) is 2.07. The van der Waals surface area contributed by atoms with Crippen molar-refractivity contribution in [3.05, 3.63) is 41.2 Å². The van der Waals surface area contributed by atoms with Crippen molar-refractivity contribution in [2.45, 2.75) is 32.7 Å². The normalized spacial score (nSPS) is 18.1. The largest absolute Gasteiger partial charge is 0.465 e. The predicted octanol–water partition coefficient (Wildman–Crippen LogP) is 2.52. The number of carbonyl (C=O) groups is 1. The van der Waals surface area contributed by atoms with Crippen LogP contribution in [0.25, 0.3) is 0 Å². The van der Waals surface area contributed by atoms with Gasteiger partial charge >= 0.3 is 5.97 Å². The Morgan fingerprint density at radius 2 is 2.03 bits per heavy atom. The zero-order valence-corrected chi connectivity index (χ0v) is 17.3. The predicted molar refractivity (Wildman–Crippen MR) is 109 cm³/mol. The molecule has 2 unspecified atom stereocenters. The summed E-state index contributed by atoms with van der Waals surface area (Å²) in [7, 11) is 4.06. The molecular formula is C21H26N6O2. The molecule has 0 amide bonds. The van der Waals surface area contributed by atoms with Crippen molar-refractivity contribution in [3.63, 3.8) is 0 Å². The first-order valence-electron chi connectivity index (χ1n) is 9.76. The van der Waals surface area contributed by atoms with Gasteiger partial charge < -0.3 is 9.64 Å². The van der Waals surface area contributed by atoms with Gasteiger partial charge in [0.25, 0.3) is 0 Å². The van der Waals surface area contributed by atoms with Gasteiger partial charge in [-0.25, -0.2) is 9.67 Å². The van der Waals surface area contributed by atoms with Gasteiger partial charge in [0, 0.05) is 12.1 Å². The van der Waals surface area contributed by atoms with E-state index in [9.17, 15) is 4.79 Å². The fraction of sp³-hybridized carbons (Fsp3) is 0.476. The minimum absolute atomic E-state index is 0.294. The van der Waals surface area contributed by atoms with Crippen molar-refractivity contribution in [2.24, 2.45) is 10.9 Å². The van der Waals surface area contributed by atoms with Crippen molar-refractivity contribution >= 4 is 17.6 Å². The lowest BCUT2D eigenvalue weighted by molar-refractivity contribution is -0.146. The van der Waals surface area contributed by atoms with E-state index in [0.29, 0.717) is 29.7 Å². The number of hydrogen-bond acceptors (Lipinski definition) is 7. The van der Waals surface area contributed by atoms with Gasteiger partial charge in [-0.2, -0.15) is 15.3 Å². The Labute approximate surface area is 170 Å². The van der Waals surface area contributed by atoms with Gasteiger partial charge in [-0.15, -0.1) is 0 Å². The number of fused-ring (bicyclic) bond motifs is 1. The molecule has 1 aromatic carbocycles. The highest BCUT2D eigenvalue weighted by molar-refractivity contribution is 6.03. The Morgan fingerprint density at radius 3 is 2.66 bits per heavy atom. The van der Waals surface area contributed by atoms with E-state index in [4.69, 9.17) is 10.00 Å². The smallest absolute Gasteiger partial charge is 0.317 e. The molecular weight excluding hydrogens is 368 g/mol. The average Bonchev–Trinajstić information content (AvgIpc) is 3.09. The summed E-state index contributed by atoms with van der Waals surface area (Å²) in [6, 6.07) is 8.90. The zero-order chi connectivity index (χ0) is 21.0. The Kier molecular flexibility index (Phi) is 6.39. The van der Waals surface area contributed by atoms with E-state index in [0.717, 1.165) is 24.9 Å². The molecule has 1 aliphatic heterocycles. The summed E-state index contributed by atoms with van der Waals surface area (Å²) in [6.45, 7) is 4.84. The number of nitrogens with zero attached hydrogens (tertiary/aromatic N) is 6. The van der Waals surface area contributed by atoms with Crippen LogP contribution in [0.3, 0.4) is 0 Å². The molecule has 8 heteroatoms. The lowest BCUT2D eigenvalue weighted by atomic mass is 9.88. The van der Waals surface area contributed by atoms with Gasteiger partial charge in [0.1, 0.15) is 5.92 Å². The van der Waals surface area contributed by atoms with E-state index < -0.39 is 12.0 Å². The molecule has 0 saturated heterocycles. The number of aromatic nitrogens is 3. The highest BCUT2D eigenvalue weighted by Gasteiger charge is 2.40. The van der Waals surface area contributed by atoms with Crippen LogP contribution in [0.2, 0.25) is 0 Å². The maximum absolute atomic E-state index is 12.8. The van der Waals surface area contributed by atoms with Gasteiger partial charge in [-0.05, 0) is 58.6 Å². The lowest BCUT2D eigenvalue weighted by Gasteiger charge is -2.29. The summed E-state index contributed by atoms with van der Waals surface area (Å²) in [6.07, 6.45) is 1.67. The van der Waals surface area contributed by atoms with Crippen LogP contribution in [0.5, 0.6) is 0 Å². The molecule has 0 radical (unpaired) electrons. The molecule has 0 N–H and O–H groups in total. The first-order valence-corrected chi connectivity index (χ1v) is 9.76. The first kappa shape index (κ1) is 20.7.